The summed E-state index contributed by atoms with van der Waals surface area (Å²) in [5.41, 5.74) is 0. The van der Waals surface area contributed by atoms with Crippen molar-refractivity contribution in [3.63, 3.8) is 0 Å². The lowest BCUT2D eigenvalue weighted by Gasteiger charge is -2.28. The fraction of sp³-hybridized carbons (Fsp3) is 1.00. The van der Waals surface area contributed by atoms with Gasteiger partial charge in [-0.1, -0.05) is 41.0 Å². The molecule has 1 fully saturated rings. The second-order valence-electron chi connectivity index (χ2n) is 6.34. The maximum atomic E-state index is 2.51. The lowest BCUT2D eigenvalue weighted by Crippen LogP contribution is -2.18. The van der Waals surface area contributed by atoms with Gasteiger partial charge in [-0.2, -0.15) is 0 Å². The molecule has 0 spiro atoms. The van der Waals surface area contributed by atoms with E-state index < -0.39 is 0 Å². The van der Waals surface area contributed by atoms with Gasteiger partial charge in [0.15, 0.2) is 0 Å². The van der Waals surface area contributed by atoms with Crippen LogP contribution in [0.1, 0.15) is 66.7 Å². The van der Waals surface area contributed by atoms with E-state index in [9.17, 15) is 0 Å². The smallest absolute Gasteiger partial charge is 0.0381 e. The zero-order chi connectivity index (χ0) is 11.4. The summed E-state index contributed by atoms with van der Waals surface area (Å²) in [6.45, 7) is 12.0. The molecule has 1 saturated carbocycles. The van der Waals surface area contributed by atoms with Gasteiger partial charge < -0.3 is 0 Å². The molecule has 0 aromatic carbocycles. The molecule has 1 rings (SSSR count). The average Bonchev–Trinajstić information content (AvgIpc) is 2.98. The monoisotopic (exact) mass is 210 g/mol. The molecule has 3 atom stereocenters. The molecule has 0 amide bonds. The van der Waals surface area contributed by atoms with Gasteiger partial charge in [0.1, 0.15) is 0 Å². The molecule has 0 heteroatoms. The summed E-state index contributed by atoms with van der Waals surface area (Å²) in [5, 5.41) is 0. The fourth-order valence-corrected chi connectivity index (χ4v) is 2.82. The van der Waals surface area contributed by atoms with E-state index in [2.05, 4.69) is 34.6 Å². The molecule has 0 N–H and O–H groups in total. The van der Waals surface area contributed by atoms with Crippen LogP contribution < -0.4 is 0 Å². The first-order valence-corrected chi connectivity index (χ1v) is 7.04. The van der Waals surface area contributed by atoms with Crippen LogP contribution in [0.15, 0.2) is 0 Å². The molecule has 0 saturated heterocycles. The Bertz CT molecular complexity index is 167. The van der Waals surface area contributed by atoms with E-state index in [-0.39, 0.29) is 0 Å². The summed E-state index contributed by atoms with van der Waals surface area (Å²) in [6, 6.07) is 0. The highest BCUT2D eigenvalue weighted by molar-refractivity contribution is 4.84. The Morgan fingerprint density at radius 1 is 1.00 bits per heavy atom. The highest BCUT2D eigenvalue weighted by Gasteiger charge is 2.33. The third-order valence-corrected chi connectivity index (χ3v) is 4.29. The van der Waals surface area contributed by atoms with E-state index in [0.717, 1.165) is 29.6 Å². The van der Waals surface area contributed by atoms with E-state index >= 15 is 0 Å². The Morgan fingerprint density at radius 3 is 2.00 bits per heavy atom. The van der Waals surface area contributed by atoms with E-state index in [4.69, 9.17) is 0 Å². The van der Waals surface area contributed by atoms with Crippen LogP contribution in [0.25, 0.3) is 0 Å². The summed E-state index contributed by atoms with van der Waals surface area (Å²) in [4.78, 5) is 0. The molecule has 0 bridgehead atoms. The molecule has 0 heterocycles. The summed E-state index contributed by atoms with van der Waals surface area (Å²) in [6.07, 6.45) is 7.28. The summed E-state index contributed by atoms with van der Waals surface area (Å²) < 4.78 is 0. The van der Waals surface area contributed by atoms with Crippen LogP contribution in [0.4, 0.5) is 0 Å². The Hall–Kier alpha value is 0. The zero-order valence-corrected chi connectivity index (χ0v) is 11.4. The van der Waals surface area contributed by atoms with Crippen LogP contribution >= 0.6 is 0 Å². The van der Waals surface area contributed by atoms with Gasteiger partial charge in [0.2, 0.25) is 0 Å². The predicted octanol–water partition coefficient (Wildman–Crippen LogP) is 5.13. The Kier molecular flexibility index (Phi) is 5.15. The molecule has 1 aliphatic carbocycles. The lowest BCUT2D eigenvalue weighted by molar-refractivity contribution is 0.225. The first kappa shape index (κ1) is 13.1. The largest absolute Gasteiger partial charge is 0.0651 e. The molecular weight excluding hydrogens is 180 g/mol. The minimum absolute atomic E-state index is 0.875. The first-order valence-electron chi connectivity index (χ1n) is 7.04. The second kappa shape index (κ2) is 5.92. The van der Waals surface area contributed by atoms with Gasteiger partial charge in [-0.25, -0.2) is 0 Å². The maximum absolute atomic E-state index is 2.51. The molecular formula is C15H30. The van der Waals surface area contributed by atoms with Crippen LogP contribution in [-0.4, -0.2) is 0 Å². The minimum atomic E-state index is 0.875. The molecule has 0 nitrogen and oxygen atoms in total. The van der Waals surface area contributed by atoms with Crippen LogP contribution in [0, 0.1) is 29.6 Å². The van der Waals surface area contributed by atoms with Crippen molar-refractivity contribution in [2.24, 2.45) is 29.6 Å². The number of rotatable bonds is 7. The highest BCUT2D eigenvalue weighted by atomic mass is 14.4. The van der Waals surface area contributed by atoms with Crippen LogP contribution in [0.3, 0.4) is 0 Å². The zero-order valence-electron chi connectivity index (χ0n) is 11.4. The van der Waals surface area contributed by atoms with Crippen molar-refractivity contribution in [2.45, 2.75) is 66.7 Å². The van der Waals surface area contributed by atoms with Crippen molar-refractivity contribution < 1.29 is 0 Å². The highest BCUT2D eigenvalue weighted by Crippen LogP contribution is 2.43. The van der Waals surface area contributed by atoms with Crippen LogP contribution in [-0.2, 0) is 0 Å². The molecule has 90 valence electrons. The Morgan fingerprint density at radius 2 is 1.60 bits per heavy atom. The van der Waals surface area contributed by atoms with Crippen molar-refractivity contribution in [3.05, 3.63) is 0 Å². The lowest BCUT2D eigenvalue weighted by atomic mass is 9.78. The molecule has 1 aliphatic rings. The summed E-state index contributed by atoms with van der Waals surface area (Å²) >= 11 is 0. The van der Waals surface area contributed by atoms with Crippen molar-refractivity contribution in [1.82, 2.24) is 0 Å². The van der Waals surface area contributed by atoms with E-state index in [0.29, 0.717) is 0 Å². The second-order valence-corrected chi connectivity index (χ2v) is 6.34. The molecule has 0 aromatic rings. The quantitative estimate of drug-likeness (QED) is 0.546. The molecule has 3 unspecified atom stereocenters. The van der Waals surface area contributed by atoms with Gasteiger partial charge in [0.25, 0.3) is 0 Å². The third-order valence-electron chi connectivity index (χ3n) is 4.29. The molecule has 0 radical (unpaired) electrons. The SMILES string of the molecule is CCC(C)CC(CC(C)C)C(C)C1CC1. The van der Waals surface area contributed by atoms with Gasteiger partial charge in [0.05, 0.1) is 0 Å². The Labute approximate surface area is 96.8 Å². The molecule has 0 aromatic heterocycles. The fourth-order valence-electron chi connectivity index (χ4n) is 2.82. The summed E-state index contributed by atoms with van der Waals surface area (Å²) in [7, 11) is 0. The van der Waals surface area contributed by atoms with Gasteiger partial charge in [0, 0.05) is 0 Å². The number of hydrogen-bond donors (Lipinski definition) is 0. The van der Waals surface area contributed by atoms with E-state index in [1.807, 2.05) is 0 Å². The van der Waals surface area contributed by atoms with Gasteiger partial charge >= 0.3 is 0 Å². The van der Waals surface area contributed by atoms with Crippen molar-refractivity contribution >= 4 is 0 Å². The van der Waals surface area contributed by atoms with E-state index in [1.54, 1.807) is 0 Å². The average molecular weight is 210 g/mol. The third kappa shape index (κ3) is 4.57. The summed E-state index contributed by atoms with van der Waals surface area (Å²) in [5.74, 6) is 4.86. The van der Waals surface area contributed by atoms with Crippen molar-refractivity contribution in [3.8, 4) is 0 Å². The standard InChI is InChI=1S/C15H30/c1-6-12(4)10-15(9-11(2)3)13(5)14-7-8-14/h11-15H,6-10H2,1-5H3. The van der Waals surface area contributed by atoms with Gasteiger partial charge in [-0.3, -0.25) is 0 Å². The maximum Gasteiger partial charge on any atom is -0.0381 e. The van der Waals surface area contributed by atoms with E-state index in [1.165, 1.54) is 32.1 Å². The molecule has 15 heavy (non-hydrogen) atoms. The van der Waals surface area contributed by atoms with Gasteiger partial charge in [-0.15, -0.1) is 0 Å². The van der Waals surface area contributed by atoms with Crippen LogP contribution in [0.5, 0.6) is 0 Å². The topological polar surface area (TPSA) is 0 Å². The normalized spacial score (nSPS) is 22.8. The van der Waals surface area contributed by atoms with Crippen molar-refractivity contribution in [2.75, 3.05) is 0 Å². The van der Waals surface area contributed by atoms with Gasteiger partial charge in [-0.05, 0) is 55.3 Å². The predicted molar refractivity (Wildman–Crippen MR) is 68.9 cm³/mol. The van der Waals surface area contributed by atoms with Crippen molar-refractivity contribution in [1.29, 1.82) is 0 Å². The minimum Gasteiger partial charge on any atom is -0.0651 e. The molecule has 0 aliphatic heterocycles. The first-order chi connectivity index (χ1) is 7.04. The number of hydrogen-bond acceptors (Lipinski definition) is 0. The van der Waals surface area contributed by atoms with Crippen LogP contribution in [0.2, 0.25) is 0 Å². The Balaban J connectivity index is 2.43.